The average Bonchev–Trinajstić information content (AvgIpc) is 3.21. The summed E-state index contributed by atoms with van der Waals surface area (Å²) in [6.07, 6.45) is 1.44. The van der Waals surface area contributed by atoms with E-state index in [9.17, 15) is 14.4 Å². The maximum Gasteiger partial charge on any atom is 0.272 e. The van der Waals surface area contributed by atoms with Crippen molar-refractivity contribution in [2.24, 2.45) is 0 Å². The fourth-order valence-electron chi connectivity index (χ4n) is 3.25. The molecule has 1 saturated heterocycles. The molecule has 0 unspecified atom stereocenters. The third-order valence-corrected chi connectivity index (χ3v) is 4.88. The van der Waals surface area contributed by atoms with Crippen molar-refractivity contribution in [2.45, 2.75) is 6.92 Å². The predicted molar refractivity (Wildman–Crippen MR) is 103 cm³/mol. The van der Waals surface area contributed by atoms with Gasteiger partial charge in [-0.05, 0) is 24.3 Å². The maximum absolute atomic E-state index is 12.7. The second kappa shape index (κ2) is 7.78. The zero-order valence-corrected chi connectivity index (χ0v) is 15.9. The van der Waals surface area contributed by atoms with Gasteiger partial charge in [-0.2, -0.15) is 0 Å². The summed E-state index contributed by atoms with van der Waals surface area (Å²) in [5, 5.41) is 2.78. The summed E-state index contributed by atoms with van der Waals surface area (Å²) >= 11 is 0. The Hall–Kier alpha value is -3.62. The van der Waals surface area contributed by atoms with Crippen LogP contribution in [0.2, 0.25) is 0 Å². The number of rotatable bonds is 3. The van der Waals surface area contributed by atoms with E-state index in [-0.39, 0.29) is 30.2 Å². The van der Waals surface area contributed by atoms with Crippen LogP contribution in [-0.2, 0) is 4.79 Å². The number of anilines is 1. The number of carbonyl (C=O) groups excluding carboxylic acids is 3. The molecule has 1 fully saturated rings. The molecular weight excluding hydrogens is 376 g/mol. The highest BCUT2D eigenvalue weighted by atomic mass is 16.7. The molecule has 2 aliphatic heterocycles. The van der Waals surface area contributed by atoms with Crippen LogP contribution in [0, 0.1) is 0 Å². The van der Waals surface area contributed by atoms with Crippen molar-refractivity contribution in [3.8, 4) is 11.5 Å². The van der Waals surface area contributed by atoms with Crippen LogP contribution < -0.4 is 14.8 Å². The molecule has 2 aliphatic rings. The van der Waals surface area contributed by atoms with E-state index in [1.54, 1.807) is 34.1 Å². The van der Waals surface area contributed by atoms with Crippen molar-refractivity contribution in [1.82, 2.24) is 14.8 Å². The number of hydrogen-bond acceptors (Lipinski definition) is 6. The molecule has 1 N–H and O–H groups in total. The molecule has 0 saturated carbocycles. The van der Waals surface area contributed by atoms with Crippen LogP contribution in [-0.4, -0.2) is 65.5 Å². The SMILES string of the molecule is CC(=O)N1CCN(C(=O)c2cc(C(=O)Nc3ccc4c(c3)OCO4)ccn2)CC1. The van der Waals surface area contributed by atoms with E-state index in [1.165, 1.54) is 19.2 Å². The van der Waals surface area contributed by atoms with E-state index in [0.29, 0.717) is 48.9 Å². The van der Waals surface area contributed by atoms with Crippen molar-refractivity contribution in [3.63, 3.8) is 0 Å². The maximum atomic E-state index is 12.7. The number of nitrogens with zero attached hydrogens (tertiary/aromatic N) is 3. The minimum Gasteiger partial charge on any atom is -0.454 e. The Morgan fingerprint density at radius 2 is 1.69 bits per heavy atom. The topological polar surface area (TPSA) is 101 Å². The number of hydrogen-bond donors (Lipinski definition) is 1. The second-order valence-corrected chi connectivity index (χ2v) is 6.75. The van der Waals surface area contributed by atoms with Gasteiger partial charge in [-0.1, -0.05) is 0 Å². The minimum atomic E-state index is -0.360. The smallest absolute Gasteiger partial charge is 0.272 e. The molecule has 3 amide bonds. The first-order valence-corrected chi connectivity index (χ1v) is 9.23. The largest absolute Gasteiger partial charge is 0.454 e. The Bertz CT molecular complexity index is 969. The van der Waals surface area contributed by atoms with Crippen LogP contribution >= 0.6 is 0 Å². The Kier molecular flexibility index (Phi) is 5.03. The molecule has 0 spiro atoms. The van der Waals surface area contributed by atoms with Gasteiger partial charge in [-0.3, -0.25) is 19.4 Å². The first kappa shape index (κ1) is 18.7. The van der Waals surface area contributed by atoms with Crippen molar-refractivity contribution < 1.29 is 23.9 Å². The fourth-order valence-corrected chi connectivity index (χ4v) is 3.25. The number of aromatic nitrogens is 1. The summed E-state index contributed by atoms with van der Waals surface area (Å²) in [6.45, 7) is 3.53. The van der Waals surface area contributed by atoms with Gasteiger partial charge in [0.15, 0.2) is 11.5 Å². The number of carbonyl (C=O) groups is 3. The number of benzene rings is 1. The molecule has 2 aromatic rings. The number of piperazine rings is 1. The van der Waals surface area contributed by atoms with E-state index < -0.39 is 0 Å². The molecule has 0 bridgehead atoms. The zero-order chi connectivity index (χ0) is 20.4. The number of ether oxygens (including phenoxy) is 2. The Morgan fingerprint density at radius 3 is 2.45 bits per heavy atom. The molecule has 1 aromatic heterocycles. The van der Waals surface area contributed by atoms with Gasteiger partial charge in [-0.15, -0.1) is 0 Å². The summed E-state index contributed by atoms with van der Waals surface area (Å²) in [7, 11) is 0. The van der Waals surface area contributed by atoms with Crippen LogP contribution in [0.4, 0.5) is 5.69 Å². The number of amides is 3. The highest BCUT2D eigenvalue weighted by Crippen LogP contribution is 2.34. The van der Waals surface area contributed by atoms with Gasteiger partial charge in [0.1, 0.15) is 5.69 Å². The highest BCUT2D eigenvalue weighted by molar-refractivity contribution is 6.05. The van der Waals surface area contributed by atoms with E-state index in [1.807, 2.05) is 0 Å². The lowest BCUT2D eigenvalue weighted by Gasteiger charge is -2.34. The van der Waals surface area contributed by atoms with Crippen LogP contribution in [0.3, 0.4) is 0 Å². The lowest BCUT2D eigenvalue weighted by molar-refractivity contribution is -0.130. The second-order valence-electron chi connectivity index (χ2n) is 6.75. The van der Waals surface area contributed by atoms with E-state index >= 15 is 0 Å². The molecule has 1 aromatic carbocycles. The van der Waals surface area contributed by atoms with Crippen molar-refractivity contribution in [2.75, 3.05) is 38.3 Å². The summed E-state index contributed by atoms with van der Waals surface area (Å²) in [5.74, 6) is 0.577. The number of fused-ring (bicyclic) bond motifs is 1. The summed E-state index contributed by atoms with van der Waals surface area (Å²) in [6, 6.07) is 8.14. The zero-order valence-electron chi connectivity index (χ0n) is 15.9. The quantitative estimate of drug-likeness (QED) is 0.841. The fraction of sp³-hybridized carbons (Fsp3) is 0.300. The molecule has 9 heteroatoms. The molecule has 29 heavy (non-hydrogen) atoms. The van der Waals surface area contributed by atoms with E-state index in [4.69, 9.17) is 9.47 Å². The van der Waals surface area contributed by atoms with Crippen LogP contribution in [0.25, 0.3) is 0 Å². The van der Waals surface area contributed by atoms with Gasteiger partial charge < -0.3 is 24.6 Å². The highest BCUT2D eigenvalue weighted by Gasteiger charge is 2.24. The molecule has 9 nitrogen and oxygen atoms in total. The third-order valence-electron chi connectivity index (χ3n) is 4.88. The van der Waals surface area contributed by atoms with Crippen LogP contribution in [0.15, 0.2) is 36.5 Å². The molecule has 3 heterocycles. The Balaban J connectivity index is 1.43. The van der Waals surface area contributed by atoms with Crippen molar-refractivity contribution in [1.29, 1.82) is 0 Å². The summed E-state index contributed by atoms with van der Waals surface area (Å²) < 4.78 is 10.6. The first-order chi connectivity index (χ1) is 14.0. The average molecular weight is 396 g/mol. The minimum absolute atomic E-state index is 0.00240. The third kappa shape index (κ3) is 3.98. The normalized spacial score (nSPS) is 15.2. The van der Waals surface area contributed by atoms with E-state index in [2.05, 4.69) is 10.3 Å². The van der Waals surface area contributed by atoms with E-state index in [0.717, 1.165) is 0 Å². The number of nitrogens with one attached hydrogen (secondary N) is 1. The van der Waals surface area contributed by atoms with Gasteiger partial charge in [0.2, 0.25) is 12.7 Å². The van der Waals surface area contributed by atoms with Crippen LogP contribution in [0.5, 0.6) is 11.5 Å². The van der Waals surface area contributed by atoms with Crippen molar-refractivity contribution in [3.05, 3.63) is 47.8 Å². The monoisotopic (exact) mass is 396 g/mol. The number of pyridine rings is 1. The lowest BCUT2D eigenvalue weighted by Crippen LogP contribution is -2.50. The van der Waals surface area contributed by atoms with Gasteiger partial charge in [0.05, 0.1) is 0 Å². The Labute approximate surface area is 167 Å². The molecule has 0 radical (unpaired) electrons. The first-order valence-electron chi connectivity index (χ1n) is 9.23. The van der Waals surface area contributed by atoms with Crippen LogP contribution in [0.1, 0.15) is 27.8 Å². The summed E-state index contributed by atoms with van der Waals surface area (Å²) in [4.78, 5) is 44.2. The van der Waals surface area contributed by atoms with Crippen molar-refractivity contribution >= 4 is 23.4 Å². The standard InChI is InChI=1S/C20H20N4O5/c1-13(25)23-6-8-24(9-7-23)20(27)16-10-14(4-5-21-16)19(26)22-15-2-3-17-18(11-15)29-12-28-17/h2-5,10-11H,6-9,12H2,1H3,(H,22,26). The molecule has 4 rings (SSSR count). The molecule has 150 valence electrons. The Morgan fingerprint density at radius 1 is 0.966 bits per heavy atom. The van der Waals surface area contributed by atoms with Gasteiger partial charge in [0, 0.05) is 56.6 Å². The van der Waals surface area contributed by atoms with Gasteiger partial charge in [0.25, 0.3) is 11.8 Å². The predicted octanol–water partition coefficient (Wildman–Crippen LogP) is 1.37. The molecule has 0 atom stereocenters. The molecular formula is C20H20N4O5. The lowest BCUT2D eigenvalue weighted by atomic mass is 10.2. The van der Waals surface area contributed by atoms with Gasteiger partial charge in [-0.25, -0.2) is 0 Å². The molecule has 0 aliphatic carbocycles. The van der Waals surface area contributed by atoms with Gasteiger partial charge >= 0.3 is 0 Å². The summed E-state index contributed by atoms with van der Waals surface area (Å²) in [5.41, 5.74) is 1.08.